The SMILES string of the molecule is CCC(CC)(CN)C(=O)NCC(O)C(C)C. The summed E-state index contributed by atoms with van der Waals surface area (Å²) >= 11 is 0. The lowest BCUT2D eigenvalue weighted by Crippen LogP contribution is -2.47. The van der Waals surface area contributed by atoms with Gasteiger partial charge in [-0.15, -0.1) is 0 Å². The molecular formula is C12H26N2O2. The normalized spacial score (nSPS) is 13.9. The fraction of sp³-hybridized carbons (Fsp3) is 0.917. The molecule has 0 bridgehead atoms. The average molecular weight is 230 g/mol. The summed E-state index contributed by atoms with van der Waals surface area (Å²) in [5.41, 5.74) is 5.20. The molecule has 0 aliphatic rings. The minimum Gasteiger partial charge on any atom is -0.391 e. The quantitative estimate of drug-likeness (QED) is 0.608. The van der Waals surface area contributed by atoms with Crippen molar-refractivity contribution < 1.29 is 9.90 Å². The molecule has 4 heteroatoms. The lowest BCUT2D eigenvalue weighted by molar-refractivity contribution is -0.131. The van der Waals surface area contributed by atoms with E-state index in [0.29, 0.717) is 13.1 Å². The molecule has 0 fully saturated rings. The minimum absolute atomic E-state index is 0.0419. The zero-order chi connectivity index (χ0) is 12.8. The number of nitrogens with two attached hydrogens (primary N) is 1. The predicted octanol–water partition coefficient (Wildman–Crippen LogP) is 0.885. The van der Waals surface area contributed by atoms with Crippen molar-refractivity contribution in [1.82, 2.24) is 5.32 Å². The maximum atomic E-state index is 12.0. The van der Waals surface area contributed by atoms with Crippen molar-refractivity contribution in [2.45, 2.75) is 46.6 Å². The molecule has 4 nitrogen and oxygen atoms in total. The molecule has 0 aromatic carbocycles. The highest BCUT2D eigenvalue weighted by Crippen LogP contribution is 2.24. The Kier molecular flexibility index (Phi) is 6.60. The molecule has 0 heterocycles. The van der Waals surface area contributed by atoms with Crippen LogP contribution in [0.25, 0.3) is 0 Å². The van der Waals surface area contributed by atoms with Gasteiger partial charge in [0.15, 0.2) is 0 Å². The number of aliphatic hydroxyl groups excluding tert-OH is 1. The Morgan fingerprint density at radius 3 is 2.19 bits per heavy atom. The maximum Gasteiger partial charge on any atom is 0.227 e. The van der Waals surface area contributed by atoms with Gasteiger partial charge in [0.25, 0.3) is 0 Å². The molecule has 0 aliphatic carbocycles. The molecule has 16 heavy (non-hydrogen) atoms. The first kappa shape index (κ1) is 15.4. The molecule has 0 saturated carbocycles. The summed E-state index contributed by atoms with van der Waals surface area (Å²) < 4.78 is 0. The fourth-order valence-corrected chi connectivity index (χ4v) is 1.57. The van der Waals surface area contributed by atoms with Gasteiger partial charge in [0, 0.05) is 13.1 Å². The third-order valence-corrected chi connectivity index (χ3v) is 3.47. The van der Waals surface area contributed by atoms with E-state index in [9.17, 15) is 9.90 Å². The number of carbonyl (C=O) groups is 1. The Morgan fingerprint density at radius 1 is 1.38 bits per heavy atom. The van der Waals surface area contributed by atoms with Crippen molar-refractivity contribution in [3.05, 3.63) is 0 Å². The lowest BCUT2D eigenvalue weighted by Gasteiger charge is -2.29. The predicted molar refractivity (Wildman–Crippen MR) is 65.9 cm³/mol. The van der Waals surface area contributed by atoms with Crippen LogP contribution < -0.4 is 11.1 Å². The topological polar surface area (TPSA) is 75.4 Å². The fourth-order valence-electron chi connectivity index (χ4n) is 1.57. The summed E-state index contributed by atoms with van der Waals surface area (Å²) in [4.78, 5) is 12.0. The van der Waals surface area contributed by atoms with Gasteiger partial charge in [-0.25, -0.2) is 0 Å². The molecule has 0 aromatic heterocycles. The van der Waals surface area contributed by atoms with Gasteiger partial charge >= 0.3 is 0 Å². The number of carbonyl (C=O) groups excluding carboxylic acids is 1. The van der Waals surface area contributed by atoms with Crippen molar-refractivity contribution in [3.63, 3.8) is 0 Å². The lowest BCUT2D eigenvalue weighted by atomic mass is 9.81. The molecule has 0 radical (unpaired) electrons. The molecule has 0 aromatic rings. The molecule has 1 unspecified atom stereocenters. The number of aliphatic hydroxyl groups is 1. The van der Waals surface area contributed by atoms with Crippen LogP contribution in [0.15, 0.2) is 0 Å². The highest BCUT2D eigenvalue weighted by atomic mass is 16.3. The van der Waals surface area contributed by atoms with Crippen LogP contribution in [0.1, 0.15) is 40.5 Å². The summed E-state index contributed by atoms with van der Waals surface area (Å²) in [5, 5.41) is 12.4. The number of hydrogen-bond acceptors (Lipinski definition) is 3. The first-order chi connectivity index (χ1) is 7.43. The van der Waals surface area contributed by atoms with E-state index < -0.39 is 11.5 Å². The molecular weight excluding hydrogens is 204 g/mol. The second kappa shape index (κ2) is 6.86. The summed E-state index contributed by atoms with van der Waals surface area (Å²) in [6.45, 7) is 8.44. The molecule has 1 atom stereocenters. The highest BCUT2D eigenvalue weighted by Gasteiger charge is 2.33. The van der Waals surface area contributed by atoms with E-state index in [0.717, 1.165) is 12.8 Å². The third kappa shape index (κ3) is 3.76. The van der Waals surface area contributed by atoms with E-state index in [-0.39, 0.29) is 11.8 Å². The zero-order valence-corrected chi connectivity index (χ0v) is 10.9. The Morgan fingerprint density at radius 2 is 1.88 bits per heavy atom. The van der Waals surface area contributed by atoms with Gasteiger partial charge in [-0.1, -0.05) is 27.7 Å². The van der Waals surface area contributed by atoms with Gasteiger partial charge in [-0.05, 0) is 18.8 Å². The molecule has 0 rings (SSSR count). The molecule has 0 spiro atoms. The second-order valence-electron chi connectivity index (χ2n) is 4.71. The zero-order valence-electron chi connectivity index (χ0n) is 10.9. The Hall–Kier alpha value is -0.610. The summed E-state index contributed by atoms with van der Waals surface area (Å²) in [7, 11) is 0. The van der Waals surface area contributed by atoms with Crippen LogP contribution >= 0.6 is 0 Å². The van der Waals surface area contributed by atoms with Gasteiger partial charge in [0.1, 0.15) is 0 Å². The molecule has 1 amide bonds. The third-order valence-electron chi connectivity index (χ3n) is 3.47. The first-order valence-corrected chi connectivity index (χ1v) is 6.10. The van der Waals surface area contributed by atoms with Gasteiger partial charge in [0.05, 0.1) is 11.5 Å². The number of hydrogen-bond donors (Lipinski definition) is 3. The van der Waals surface area contributed by atoms with E-state index in [2.05, 4.69) is 5.32 Å². The van der Waals surface area contributed by atoms with Crippen molar-refractivity contribution in [1.29, 1.82) is 0 Å². The van der Waals surface area contributed by atoms with E-state index in [1.54, 1.807) is 0 Å². The largest absolute Gasteiger partial charge is 0.391 e. The average Bonchev–Trinajstić information content (AvgIpc) is 2.28. The first-order valence-electron chi connectivity index (χ1n) is 6.10. The van der Waals surface area contributed by atoms with Gasteiger partial charge in [0.2, 0.25) is 5.91 Å². The van der Waals surface area contributed by atoms with Gasteiger partial charge < -0.3 is 16.2 Å². The van der Waals surface area contributed by atoms with E-state index in [1.807, 2.05) is 27.7 Å². The smallest absolute Gasteiger partial charge is 0.227 e. The number of nitrogens with one attached hydrogen (secondary N) is 1. The maximum absolute atomic E-state index is 12.0. The monoisotopic (exact) mass is 230 g/mol. The van der Waals surface area contributed by atoms with Crippen LogP contribution in [0.5, 0.6) is 0 Å². The van der Waals surface area contributed by atoms with Crippen LogP contribution in [-0.4, -0.2) is 30.2 Å². The standard InChI is InChI=1S/C12H26N2O2/c1-5-12(6-2,8-13)11(16)14-7-10(15)9(3)4/h9-10,15H,5-8,13H2,1-4H3,(H,14,16). The Labute approximate surface area is 98.6 Å². The van der Waals surface area contributed by atoms with E-state index >= 15 is 0 Å². The van der Waals surface area contributed by atoms with Crippen LogP contribution in [-0.2, 0) is 4.79 Å². The van der Waals surface area contributed by atoms with Crippen molar-refractivity contribution in [2.24, 2.45) is 17.1 Å². The summed E-state index contributed by atoms with van der Waals surface area (Å²) in [6.07, 6.45) is 0.959. The van der Waals surface area contributed by atoms with Crippen molar-refractivity contribution in [3.8, 4) is 0 Å². The van der Waals surface area contributed by atoms with Crippen LogP contribution in [0.2, 0.25) is 0 Å². The molecule has 0 saturated heterocycles. The van der Waals surface area contributed by atoms with Crippen LogP contribution in [0, 0.1) is 11.3 Å². The Bertz CT molecular complexity index is 205. The van der Waals surface area contributed by atoms with Crippen molar-refractivity contribution in [2.75, 3.05) is 13.1 Å². The Balaban J connectivity index is 4.33. The van der Waals surface area contributed by atoms with Crippen LogP contribution in [0.3, 0.4) is 0 Å². The second-order valence-corrected chi connectivity index (χ2v) is 4.71. The number of amides is 1. The minimum atomic E-state index is -0.492. The van der Waals surface area contributed by atoms with Gasteiger partial charge in [-0.3, -0.25) is 4.79 Å². The summed E-state index contributed by atoms with van der Waals surface area (Å²) in [6, 6.07) is 0. The van der Waals surface area contributed by atoms with E-state index in [1.165, 1.54) is 0 Å². The van der Waals surface area contributed by atoms with E-state index in [4.69, 9.17) is 5.73 Å². The highest BCUT2D eigenvalue weighted by molar-refractivity contribution is 5.82. The van der Waals surface area contributed by atoms with Crippen LogP contribution in [0.4, 0.5) is 0 Å². The number of rotatable bonds is 7. The molecule has 0 aliphatic heterocycles. The van der Waals surface area contributed by atoms with Gasteiger partial charge in [-0.2, -0.15) is 0 Å². The summed E-state index contributed by atoms with van der Waals surface area (Å²) in [5.74, 6) is 0.107. The molecule has 96 valence electrons. The molecule has 4 N–H and O–H groups in total. The van der Waals surface area contributed by atoms with Crippen molar-refractivity contribution >= 4 is 5.91 Å².